The predicted octanol–water partition coefficient (Wildman–Crippen LogP) is 16.7. The van der Waals surface area contributed by atoms with E-state index in [4.69, 9.17) is 4.74 Å². The minimum Gasteiger partial charge on any atom is -0.458 e. The van der Waals surface area contributed by atoms with E-state index in [-0.39, 0.29) is 24.3 Å². The molecule has 5 aliphatic rings. The molecule has 6 heterocycles. The first-order valence-corrected chi connectivity index (χ1v) is 31.2. The number of benzene rings is 12. The molecule has 0 saturated carbocycles. The molecule has 4 aliphatic heterocycles. The summed E-state index contributed by atoms with van der Waals surface area (Å²) in [5.41, 5.74) is 27.5. The maximum Gasteiger partial charge on any atom is 0.256 e. The predicted molar refractivity (Wildman–Crippen MR) is 370 cm³/mol. The molecule has 12 aromatic carbocycles. The minimum absolute atomic E-state index is 0.00653. The van der Waals surface area contributed by atoms with Gasteiger partial charge in [-0.15, -0.1) is 0 Å². The molecule has 88 heavy (non-hydrogen) atoms. The van der Waals surface area contributed by atoms with Crippen LogP contribution in [0.5, 0.6) is 11.5 Å². The smallest absolute Gasteiger partial charge is 0.256 e. The van der Waals surface area contributed by atoms with E-state index in [9.17, 15) is 0 Å². The van der Waals surface area contributed by atoms with Crippen molar-refractivity contribution >= 4 is 141 Å². The summed E-state index contributed by atoms with van der Waals surface area (Å²) in [6.45, 7) is 9.48. The Morgan fingerprint density at radius 1 is 0.295 bits per heavy atom. The standard InChI is InChI=1S/C80H59B2N5O/c1-79(2)41-42-80(3,4)60-43-52(39-40-59(60)79)85-69-37-21-15-31-61(69)81-63-48-64-71(49-70(63)83(50-23-7-5-8-24-50)72-44-53(45-73(85)77(72)81)86-65-33-17-11-27-55(65)56-28-12-18-34-66(56)86)84(51-25-9-6-10-26-51)74-46-54(47-76-78(74)82(64)62-32-16-22-38-75(62)88-76)87-67-35-19-13-29-57(67)58-30-14-20-36-68(58)87/h5-40,43-49H,41-42H2,1-4H3. The molecule has 0 fully saturated rings. The molecular formula is C80H59B2N5O. The molecule has 0 radical (unpaired) electrons. The molecular weight excluding hydrogens is 1070 g/mol. The number of rotatable bonds is 5. The van der Waals surface area contributed by atoms with Crippen molar-refractivity contribution in [2.75, 3.05) is 14.7 Å². The second-order valence-corrected chi connectivity index (χ2v) is 26.2. The van der Waals surface area contributed by atoms with Gasteiger partial charge < -0.3 is 28.6 Å². The number of ether oxygens (including phenoxy) is 1. The van der Waals surface area contributed by atoms with Crippen LogP contribution in [0.1, 0.15) is 51.7 Å². The summed E-state index contributed by atoms with van der Waals surface area (Å²) in [5, 5.41) is 4.92. The van der Waals surface area contributed by atoms with Crippen LogP contribution in [-0.4, -0.2) is 22.6 Å². The largest absolute Gasteiger partial charge is 0.458 e. The normalized spacial score (nSPS) is 15.3. The lowest BCUT2D eigenvalue weighted by Gasteiger charge is -2.47. The van der Waals surface area contributed by atoms with Crippen molar-refractivity contribution in [1.29, 1.82) is 0 Å². The van der Waals surface area contributed by atoms with Gasteiger partial charge in [0.15, 0.2) is 0 Å². The maximum absolute atomic E-state index is 7.29. The van der Waals surface area contributed by atoms with Crippen molar-refractivity contribution in [1.82, 2.24) is 9.13 Å². The van der Waals surface area contributed by atoms with Gasteiger partial charge in [0.2, 0.25) is 0 Å². The molecule has 8 heteroatoms. The fourth-order valence-corrected chi connectivity index (χ4v) is 16.5. The van der Waals surface area contributed by atoms with Crippen LogP contribution in [0.4, 0.5) is 51.2 Å². The lowest BCUT2D eigenvalue weighted by molar-refractivity contribution is 0.332. The Bertz CT molecular complexity index is 5210. The van der Waals surface area contributed by atoms with Gasteiger partial charge >= 0.3 is 0 Å². The fraction of sp³-hybridized carbons (Fsp3) is 0.100. The van der Waals surface area contributed by atoms with Crippen LogP contribution in [0.15, 0.2) is 261 Å². The Hall–Kier alpha value is -10.4. The zero-order valence-electron chi connectivity index (χ0n) is 49.5. The van der Waals surface area contributed by atoms with Crippen molar-refractivity contribution < 1.29 is 4.74 Å². The van der Waals surface area contributed by atoms with Gasteiger partial charge in [-0.1, -0.05) is 185 Å². The van der Waals surface area contributed by atoms with E-state index < -0.39 is 0 Å². The number of aromatic nitrogens is 2. The van der Waals surface area contributed by atoms with E-state index in [0.717, 1.165) is 86.3 Å². The van der Waals surface area contributed by atoms with Crippen LogP contribution in [-0.2, 0) is 10.8 Å². The Morgan fingerprint density at radius 2 is 0.727 bits per heavy atom. The molecule has 0 bridgehead atoms. The van der Waals surface area contributed by atoms with Gasteiger partial charge in [0.1, 0.15) is 11.5 Å². The van der Waals surface area contributed by atoms with Crippen LogP contribution in [0.3, 0.4) is 0 Å². The van der Waals surface area contributed by atoms with Gasteiger partial charge in [0.25, 0.3) is 13.4 Å². The first-order chi connectivity index (χ1) is 43.2. The number of para-hydroxylation sites is 8. The van der Waals surface area contributed by atoms with Crippen LogP contribution < -0.4 is 52.2 Å². The Kier molecular flexibility index (Phi) is 10.2. The zero-order valence-corrected chi connectivity index (χ0v) is 49.5. The highest BCUT2D eigenvalue weighted by atomic mass is 16.5. The molecule has 0 N–H and O–H groups in total. The van der Waals surface area contributed by atoms with Crippen molar-refractivity contribution in [3.63, 3.8) is 0 Å². The van der Waals surface area contributed by atoms with Gasteiger partial charge in [-0.05, 0) is 165 Å². The van der Waals surface area contributed by atoms with E-state index >= 15 is 0 Å². The average Bonchev–Trinajstić information content (AvgIpc) is 0.843. The number of hydrogen-bond donors (Lipinski definition) is 0. The van der Waals surface area contributed by atoms with Crippen LogP contribution >= 0.6 is 0 Å². The van der Waals surface area contributed by atoms with Crippen molar-refractivity contribution in [2.24, 2.45) is 0 Å². The summed E-state index contributed by atoms with van der Waals surface area (Å²) in [7, 11) is 0. The molecule has 6 nitrogen and oxygen atoms in total. The molecule has 0 unspecified atom stereocenters. The molecule has 19 rings (SSSR count). The number of anilines is 9. The average molecular weight is 1130 g/mol. The van der Waals surface area contributed by atoms with E-state index in [2.05, 4.69) is 312 Å². The molecule has 1 aliphatic carbocycles. The summed E-state index contributed by atoms with van der Waals surface area (Å²) in [6.07, 6.45) is 2.29. The second-order valence-electron chi connectivity index (χ2n) is 26.2. The Labute approximate surface area is 512 Å². The zero-order chi connectivity index (χ0) is 58.3. The van der Waals surface area contributed by atoms with Crippen molar-refractivity contribution in [3.05, 3.63) is 272 Å². The highest BCUT2D eigenvalue weighted by Gasteiger charge is 2.49. The number of fused-ring (bicyclic) bond motifs is 15. The van der Waals surface area contributed by atoms with Gasteiger partial charge in [0.05, 0.1) is 33.4 Å². The van der Waals surface area contributed by atoms with Gasteiger partial charge in [0, 0.05) is 78.8 Å². The van der Waals surface area contributed by atoms with E-state index in [1.165, 1.54) is 88.1 Å². The molecule has 0 amide bonds. The van der Waals surface area contributed by atoms with Crippen molar-refractivity contribution in [2.45, 2.75) is 51.4 Å². The SMILES string of the molecule is CC1(C)CCC(C)(C)c2cc(N3c4ccccc4B4c5cc6c(cc5N(c5ccccc5)c5cc(-n7c8ccccc8c8ccccc87)cc3c54)N(c3ccccc3)c3cc(-n4c5ccccc5c5ccccc54)cc4c3B6c3ccccc3O4)ccc21. The van der Waals surface area contributed by atoms with Gasteiger partial charge in [-0.25, -0.2) is 0 Å². The van der Waals surface area contributed by atoms with Gasteiger partial charge in [-0.3, -0.25) is 0 Å². The highest BCUT2D eigenvalue weighted by molar-refractivity contribution is 7.02. The third-order valence-electron chi connectivity index (χ3n) is 20.5. The monoisotopic (exact) mass is 1130 g/mol. The third-order valence-corrected chi connectivity index (χ3v) is 20.5. The van der Waals surface area contributed by atoms with Crippen molar-refractivity contribution in [3.8, 4) is 22.9 Å². The van der Waals surface area contributed by atoms with Crippen LogP contribution in [0.2, 0.25) is 0 Å². The highest BCUT2D eigenvalue weighted by Crippen LogP contribution is 2.52. The third kappa shape index (κ3) is 6.86. The summed E-state index contributed by atoms with van der Waals surface area (Å²) < 4.78 is 12.2. The topological polar surface area (TPSA) is 28.8 Å². The molecule has 2 aromatic heterocycles. The van der Waals surface area contributed by atoms with E-state index in [0.29, 0.717) is 0 Å². The lowest BCUT2D eigenvalue weighted by Crippen LogP contribution is -2.64. The minimum atomic E-state index is -0.149. The number of hydrogen-bond acceptors (Lipinski definition) is 4. The molecule has 0 spiro atoms. The summed E-state index contributed by atoms with van der Waals surface area (Å²) in [6, 6.07) is 98.1. The van der Waals surface area contributed by atoms with Crippen LogP contribution in [0, 0.1) is 0 Å². The first kappa shape index (κ1) is 49.8. The quantitative estimate of drug-likeness (QED) is 0.161. The number of nitrogens with zero attached hydrogens (tertiary/aromatic N) is 5. The van der Waals surface area contributed by atoms with Gasteiger partial charge in [-0.2, -0.15) is 0 Å². The molecule has 14 aromatic rings. The van der Waals surface area contributed by atoms with E-state index in [1.807, 2.05) is 0 Å². The maximum atomic E-state index is 7.29. The van der Waals surface area contributed by atoms with E-state index in [1.54, 1.807) is 0 Å². The fourth-order valence-electron chi connectivity index (χ4n) is 16.5. The summed E-state index contributed by atoms with van der Waals surface area (Å²) in [4.78, 5) is 7.76. The molecule has 416 valence electrons. The summed E-state index contributed by atoms with van der Waals surface area (Å²) in [5.74, 6) is 1.75. The summed E-state index contributed by atoms with van der Waals surface area (Å²) >= 11 is 0. The Morgan fingerprint density at radius 3 is 1.28 bits per heavy atom. The lowest BCUT2D eigenvalue weighted by atomic mass is 9.30. The second kappa shape index (κ2) is 18.1. The molecule has 0 saturated heterocycles. The van der Waals surface area contributed by atoms with Crippen LogP contribution in [0.25, 0.3) is 55.0 Å². The molecule has 0 atom stereocenters. The Balaban J connectivity index is 0.929. The first-order valence-electron chi connectivity index (χ1n) is 31.2.